The SMILES string of the molecule is CCSc1ccc2cc(C(C)=O)sc2c1. The molecule has 0 saturated heterocycles. The molecule has 1 heterocycles. The van der Waals surface area contributed by atoms with Crippen LogP contribution < -0.4 is 0 Å². The minimum Gasteiger partial charge on any atom is -0.294 e. The lowest BCUT2D eigenvalue weighted by atomic mass is 10.2. The number of Topliss-reactive ketones (excluding diaryl/α,β-unsaturated/α-hetero) is 1. The molecule has 0 amide bonds. The maximum Gasteiger partial charge on any atom is 0.169 e. The van der Waals surface area contributed by atoms with E-state index in [4.69, 9.17) is 0 Å². The van der Waals surface area contributed by atoms with E-state index in [9.17, 15) is 4.79 Å². The smallest absolute Gasteiger partial charge is 0.169 e. The van der Waals surface area contributed by atoms with Crippen LogP contribution in [0.3, 0.4) is 0 Å². The van der Waals surface area contributed by atoms with Gasteiger partial charge in [0.05, 0.1) is 4.88 Å². The van der Waals surface area contributed by atoms with Crippen molar-refractivity contribution in [2.45, 2.75) is 18.7 Å². The molecular formula is C12H12OS2. The Kier molecular flexibility index (Phi) is 3.12. The van der Waals surface area contributed by atoms with Crippen LogP contribution in [0.15, 0.2) is 29.2 Å². The minimum atomic E-state index is 0.154. The van der Waals surface area contributed by atoms with Crippen molar-refractivity contribution in [2.75, 3.05) is 5.75 Å². The molecule has 0 saturated carbocycles. The van der Waals surface area contributed by atoms with Crippen LogP contribution >= 0.6 is 23.1 Å². The zero-order valence-electron chi connectivity index (χ0n) is 8.74. The quantitative estimate of drug-likeness (QED) is 0.586. The van der Waals surface area contributed by atoms with Gasteiger partial charge in [0.1, 0.15) is 0 Å². The van der Waals surface area contributed by atoms with E-state index in [1.165, 1.54) is 15.0 Å². The second-order valence-corrected chi connectivity index (χ2v) is 5.72. The molecular weight excluding hydrogens is 224 g/mol. The maximum atomic E-state index is 11.2. The molecule has 0 aliphatic carbocycles. The fourth-order valence-electron chi connectivity index (χ4n) is 1.44. The van der Waals surface area contributed by atoms with Crippen LogP contribution in [-0.4, -0.2) is 11.5 Å². The first-order valence-electron chi connectivity index (χ1n) is 4.88. The Labute approximate surface area is 97.5 Å². The third kappa shape index (κ3) is 2.24. The molecule has 0 aliphatic rings. The van der Waals surface area contributed by atoms with E-state index in [1.54, 1.807) is 18.3 Å². The average molecular weight is 236 g/mol. The van der Waals surface area contributed by atoms with E-state index >= 15 is 0 Å². The van der Waals surface area contributed by atoms with Crippen molar-refractivity contribution in [1.82, 2.24) is 0 Å². The molecule has 1 nitrogen and oxygen atoms in total. The Morgan fingerprint density at radius 2 is 2.20 bits per heavy atom. The number of benzene rings is 1. The van der Waals surface area contributed by atoms with Crippen LogP contribution in [-0.2, 0) is 0 Å². The molecule has 1 aromatic heterocycles. The summed E-state index contributed by atoms with van der Waals surface area (Å²) in [5.41, 5.74) is 0. The standard InChI is InChI=1S/C12H12OS2/c1-3-14-10-5-4-9-6-11(8(2)13)15-12(9)7-10/h4-7H,3H2,1-2H3. The molecule has 78 valence electrons. The number of thioether (sulfide) groups is 1. The fraction of sp³-hybridized carbons (Fsp3) is 0.250. The van der Waals surface area contributed by atoms with Gasteiger partial charge in [-0.3, -0.25) is 4.79 Å². The van der Waals surface area contributed by atoms with E-state index in [2.05, 4.69) is 25.1 Å². The Morgan fingerprint density at radius 3 is 2.87 bits per heavy atom. The number of hydrogen-bond donors (Lipinski definition) is 0. The van der Waals surface area contributed by atoms with E-state index < -0.39 is 0 Å². The highest BCUT2D eigenvalue weighted by atomic mass is 32.2. The predicted molar refractivity (Wildman–Crippen MR) is 68.2 cm³/mol. The first kappa shape index (κ1) is 10.7. The summed E-state index contributed by atoms with van der Waals surface area (Å²) < 4.78 is 1.21. The Hall–Kier alpha value is -0.800. The molecule has 0 atom stereocenters. The number of ketones is 1. The Bertz CT molecular complexity index is 499. The number of rotatable bonds is 3. The lowest BCUT2D eigenvalue weighted by Crippen LogP contribution is -1.83. The first-order chi connectivity index (χ1) is 7.20. The van der Waals surface area contributed by atoms with Crippen molar-refractivity contribution in [3.05, 3.63) is 29.1 Å². The first-order valence-corrected chi connectivity index (χ1v) is 6.68. The molecule has 0 aliphatic heterocycles. The lowest BCUT2D eigenvalue weighted by molar-refractivity contribution is 0.102. The summed E-state index contributed by atoms with van der Waals surface area (Å²) in [6.07, 6.45) is 0. The highest BCUT2D eigenvalue weighted by Gasteiger charge is 2.06. The summed E-state index contributed by atoms with van der Waals surface area (Å²) >= 11 is 3.41. The summed E-state index contributed by atoms with van der Waals surface area (Å²) in [5.74, 6) is 1.23. The Morgan fingerprint density at radius 1 is 1.40 bits per heavy atom. The number of carbonyl (C=O) groups is 1. The summed E-state index contributed by atoms with van der Waals surface area (Å²) in [6, 6.07) is 8.35. The molecule has 3 heteroatoms. The minimum absolute atomic E-state index is 0.154. The number of thiophene rings is 1. The van der Waals surface area contributed by atoms with Gasteiger partial charge in [-0.05, 0) is 36.3 Å². The van der Waals surface area contributed by atoms with Crippen LogP contribution in [0, 0.1) is 0 Å². The Balaban J connectivity index is 2.47. The van der Waals surface area contributed by atoms with E-state index in [-0.39, 0.29) is 5.78 Å². The maximum absolute atomic E-state index is 11.2. The van der Waals surface area contributed by atoms with Crippen LogP contribution in [0.2, 0.25) is 0 Å². The zero-order chi connectivity index (χ0) is 10.8. The third-order valence-corrected chi connectivity index (χ3v) is 4.22. The topological polar surface area (TPSA) is 17.1 Å². The second-order valence-electron chi connectivity index (χ2n) is 3.30. The third-order valence-electron chi connectivity index (χ3n) is 2.15. The largest absolute Gasteiger partial charge is 0.294 e. The second kappa shape index (κ2) is 4.37. The molecule has 2 rings (SSSR count). The summed E-state index contributed by atoms with van der Waals surface area (Å²) in [7, 11) is 0. The molecule has 0 bridgehead atoms. The van der Waals surface area contributed by atoms with Gasteiger partial charge in [0, 0.05) is 9.60 Å². The number of carbonyl (C=O) groups excluding carboxylic acids is 1. The van der Waals surface area contributed by atoms with Crippen LogP contribution in [0.5, 0.6) is 0 Å². The van der Waals surface area contributed by atoms with Crippen molar-refractivity contribution in [2.24, 2.45) is 0 Å². The fourth-order valence-corrected chi connectivity index (χ4v) is 3.21. The lowest BCUT2D eigenvalue weighted by Gasteiger charge is -1.96. The van der Waals surface area contributed by atoms with Gasteiger partial charge >= 0.3 is 0 Å². The molecule has 0 radical (unpaired) electrons. The molecule has 2 aromatic rings. The van der Waals surface area contributed by atoms with Gasteiger partial charge in [-0.2, -0.15) is 0 Å². The van der Waals surface area contributed by atoms with E-state index in [0.717, 1.165) is 10.6 Å². The monoisotopic (exact) mass is 236 g/mol. The predicted octanol–water partition coefficient (Wildman–Crippen LogP) is 4.22. The van der Waals surface area contributed by atoms with Crippen LogP contribution in [0.1, 0.15) is 23.5 Å². The summed E-state index contributed by atoms with van der Waals surface area (Å²) in [4.78, 5) is 13.4. The van der Waals surface area contributed by atoms with Gasteiger partial charge in [-0.25, -0.2) is 0 Å². The zero-order valence-corrected chi connectivity index (χ0v) is 10.4. The number of hydrogen-bond acceptors (Lipinski definition) is 3. The summed E-state index contributed by atoms with van der Waals surface area (Å²) in [6.45, 7) is 3.76. The van der Waals surface area contributed by atoms with Crippen molar-refractivity contribution in [3.63, 3.8) is 0 Å². The number of fused-ring (bicyclic) bond motifs is 1. The molecule has 0 unspecified atom stereocenters. The van der Waals surface area contributed by atoms with Gasteiger partial charge < -0.3 is 0 Å². The normalized spacial score (nSPS) is 10.8. The van der Waals surface area contributed by atoms with Gasteiger partial charge in [-0.1, -0.05) is 13.0 Å². The van der Waals surface area contributed by atoms with Gasteiger partial charge in [0.2, 0.25) is 0 Å². The van der Waals surface area contributed by atoms with Crippen LogP contribution in [0.4, 0.5) is 0 Å². The van der Waals surface area contributed by atoms with Crippen molar-refractivity contribution in [1.29, 1.82) is 0 Å². The van der Waals surface area contributed by atoms with Gasteiger partial charge in [0.15, 0.2) is 5.78 Å². The highest BCUT2D eigenvalue weighted by molar-refractivity contribution is 7.99. The van der Waals surface area contributed by atoms with Crippen molar-refractivity contribution >= 4 is 39.0 Å². The van der Waals surface area contributed by atoms with Gasteiger partial charge in [-0.15, -0.1) is 23.1 Å². The molecule has 0 N–H and O–H groups in total. The van der Waals surface area contributed by atoms with Crippen molar-refractivity contribution in [3.8, 4) is 0 Å². The van der Waals surface area contributed by atoms with E-state index in [1.807, 2.05) is 17.8 Å². The van der Waals surface area contributed by atoms with Gasteiger partial charge in [0.25, 0.3) is 0 Å². The average Bonchev–Trinajstić information content (AvgIpc) is 2.61. The molecule has 1 aromatic carbocycles. The summed E-state index contributed by atoms with van der Waals surface area (Å²) in [5, 5.41) is 1.17. The highest BCUT2D eigenvalue weighted by Crippen LogP contribution is 2.30. The van der Waals surface area contributed by atoms with Crippen molar-refractivity contribution < 1.29 is 4.79 Å². The molecule has 15 heavy (non-hydrogen) atoms. The molecule has 0 fully saturated rings. The van der Waals surface area contributed by atoms with Crippen LogP contribution in [0.25, 0.3) is 10.1 Å². The van der Waals surface area contributed by atoms with E-state index in [0.29, 0.717) is 0 Å². The molecule has 0 spiro atoms.